The number of benzene rings is 4. The van der Waals surface area contributed by atoms with Gasteiger partial charge in [0.25, 0.3) is 10.0 Å². The fraction of sp³-hybridized carbons (Fsp3) is 0.235. The lowest BCUT2D eigenvalue weighted by atomic mass is 10.0. The standard InChI is InChI=1S/C34H35Cl2N3O4S/c1-24(2)37-34(41)32(21-26-12-5-4-6-13-26)38(22-27-14-8-9-15-30(27)36)33(40)23-39(31-16-10-7-11-25(31)3)44(42,43)29-19-17-28(35)18-20-29/h4-20,24,32H,21-23H2,1-3H3,(H,37,41). The summed E-state index contributed by atoms with van der Waals surface area (Å²) in [5.74, 6) is -0.919. The third-order valence-electron chi connectivity index (χ3n) is 7.07. The summed E-state index contributed by atoms with van der Waals surface area (Å²) in [6.07, 6.45) is 0.212. The lowest BCUT2D eigenvalue weighted by Crippen LogP contribution is -2.54. The highest BCUT2D eigenvalue weighted by Crippen LogP contribution is 2.29. The van der Waals surface area contributed by atoms with Gasteiger partial charge in [-0.05, 0) is 73.9 Å². The van der Waals surface area contributed by atoms with E-state index in [0.717, 1.165) is 9.87 Å². The highest BCUT2D eigenvalue weighted by molar-refractivity contribution is 7.92. The Morgan fingerprint density at radius 1 is 0.818 bits per heavy atom. The van der Waals surface area contributed by atoms with Crippen LogP contribution in [0.25, 0.3) is 0 Å². The Morgan fingerprint density at radius 3 is 2.07 bits per heavy atom. The number of rotatable bonds is 12. The number of nitrogens with one attached hydrogen (secondary N) is 1. The largest absolute Gasteiger partial charge is 0.352 e. The van der Waals surface area contributed by atoms with E-state index in [1.165, 1.54) is 29.2 Å². The number of anilines is 1. The van der Waals surface area contributed by atoms with Crippen LogP contribution in [0.5, 0.6) is 0 Å². The monoisotopic (exact) mass is 651 g/mol. The predicted octanol–water partition coefficient (Wildman–Crippen LogP) is 6.66. The van der Waals surface area contributed by atoms with E-state index in [2.05, 4.69) is 5.32 Å². The first-order chi connectivity index (χ1) is 21.0. The van der Waals surface area contributed by atoms with Crippen LogP contribution in [0.3, 0.4) is 0 Å². The number of halogens is 2. The second-order valence-electron chi connectivity index (χ2n) is 10.7. The number of para-hydroxylation sites is 1. The van der Waals surface area contributed by atoms with Crippen LogP contribution in [-0.4, -0.2) is 43.8 Å². The molecule has 4 aromatic rings. The van der Waals surface area contributed by atoms with E-state index in [9.17, 15) is 18.0 Å². The minimum Gasteiger partial charge on any atom is -0.352 e. The zero-order chi connectivity index (χ0) is 31.9. The van der Waals surface area contributed by atoms with E-state index >= 15 is 0 Å². The quantitative estimate of drug-likeness (QED) is 0.186. The molecule has 1 atom stereocenters. The lowest BCUT2D eigenvalue weighted by Gasteiger charge is -2.34. The van der Waals surface area contributed by atoms with Crippen molar-refractivity contribution in [2.45, 2.75) is 50.7 Å². The van der Waals surface area contributed by atoms with E-state index in [0.29, 0.717) is 26.9 Å². The summed E-state index contributed by atoms with van der Waals surface area (Å²) in [4.78, 5) is 29.6. The third kappa shape index (κ3) is 8.20. The van der Waals surface area contributed by atoms with Crippen molar-refractivity contribution < 1.29 is 18.0 Å². The number of sulfonamides is 1. The van der Waals surface area contributed by atoms with E-state index < -0.39 is 28.5 Å². The van der Waals surface area contributed by atoms with Crippen LogP contribution in [-0.2, 0) is 32.6 Å². The number of carbonyl (C=O) groups excluding carboxylic acids is 2. The van der Waals surface area contributed by atoms with Gasteiger partial charge in [-0.25, -0.2) is 8.42 Å². The molecule has 0 aliphatic heterocycles. The Morgan fingerprint density at radius 2 is 1.43 bits per heavy atom. The van der Waals surface area contributed by atoms with Crippen molar-refractivity contribution in [2.24, 2.45) is 0 Å². The number of carbonyl (C=O) groups is 2. The van der Waals surface area contributed by atoms with Crippen LogP contribution in [0.15, 0.2) is 108 Å². The average Bonchev–Trinajstić information content (AvgIpc) is 2.99. The Labute approximate surface area is 269 Å². The third-order valence-corrected chi connectivity index (χ3v) is 9.46. The first-order valence-electron chi connectivity index (χ1n) is 14.2. The molecule has 0 fully saturated rings. The second-order valence-corrected chi connectivity index (χ2v) is 13.4. The molecular weight excluding hydrogens is 617 g/mol. The number of amides is 2. The van der Waals surface area contributed by atoms with Gasteiger partial charge in [-0.1, -0.05) is 89.9 Å². The van der Waals surface area contributed by atoms with Gasteiger partial charge in [-0.15, -0.1) is 0 Å². The smallest absolute Gasteiger partial charge is 0.264 e. The minimum atomic E-state index is -4.23. The maximum atomic E-state index is 14.5. The second kappa shape index (κ2) is 14.8. The number of aryl methyl sites for hydroxylation is 1. The molecule has 0 aliphatic carbocycles. The number of hydrogen-bond donors (Lipinski definition) is 1. The molecule has 0 aliphatic rings. The highest BCUT2D eigenvalue weighted by atomic mass is 35.5. The molecule has 0 radical (unpaired) electrons. The number of nitrogens with zero attached hydrogens (tertiary/aromatic N) is 2. The normalized spacial score (nSPS) is 12.0. The van der Waals surface area contributed by atoms with E-state index in [1.54, 1.807) is 55.5 Å². The molecule has 230 valence electrons. The molecule has 44 heavy (non-hydrogen) atoms. The van der Waals surface area contributed by atoms with Gasteiger partial charge in [-0.3, -0.25) is 13.9 Å². The molecule has 0 saturated heterocycles. The highest BCUT2D eigenvalue weighted by Gasteiger charge is 2.35. The lowest BCUT2D eigenvalue weighted by molar-refractivity contribution is -0.140. The molecule has 0 bridgehead atoms. The SMILES string of the molecule is Cc1ccccc1N(CC(=O)N(Cc1ccccc1Cl)C(Cc1ccccc1)C(=O)NC(C)C)S(=O)(=O)c1ccc(Cl)cc1. The van der Waals surface area contributed by atoms with Gasteiger partial charge in [0, 0.05) is 29.1 Å². The molecule has 1 unspecified atom stereocenters. The van der Waals surface area contributed by atoms with Crippen molar-refractivity contribution in [3.8, 4) is 0 Å². The molecule has 4 rings (SSSR count). The molecule has 1 N–H and O–H groups in total. The fourth-order valence-corrected chi connectivity index (χ4v) is 6.64. The Balaban J connectivity index is 1.82. The average molecular weight is 653 g/mol. The van der Waals surface area contributed by atoms with Crippen LogP contribution >= 0.6 is 23.2 Å². The number of hydrogen-bond acceptors (Lipinski definition) is 4. The van der Waals surface area contributed by atoms with Gasteiger partial charge in [0.1, 0.15) is 12.6 Å². The summed E-state index contributed by atoms with van der Waals surface area (Å²) >= 11 is 12.6. The van der Waals surface area contributed by atoms with Crippen molar-refractivity contribution in [1.82, 2.24) is 10.2 Å². The summed E-state index contributed by atoms with van der Waals surface area (Å²) in [6.45, 7) is 4.90. The maximum Gasteiger partial charge on any atom is 0.264 e. The Kier molecular flexibility index (Phi) is 11.1. The van der Waals surface area contributed by atoms with Gasteiger partial charge in [0.2, 0.25) is 11.8 Å². The van der Waals surface area contributed by atoms with Gasteiger partial charge in [0.05, 0.1) is 10.6 Å². The molecule has 0 spiro atoms. The zero-order valence-corrected chi connectivity index (χ0v) is 27.1. The van der Waals surface area contributed by atoms with Crippen LogP contribution in [0, 0.1) is 6.92 Å². The first kappa shape index (κ1) is 33.1. The van der Waals surface area contributed by atoms with Gasteiger partial charge in [-0.2, -0.15) is 0 Å². The molecule has 0 aromatic heterocycles. The molecule has 0 saturated carbocycles. The summed E-state index contributed by atoms with van der Waals surface area (Å²) < 4.78 is 29.3. The zero-order valence-electron chi connectivity index (χ0n) is 24.8. The van der Waals surface area contributed by atoms with E-state index in [4.69, 9.17) is 23.2 Å². The van der Waals surface area contributed by atoms with Crippen LogP contribution < -0.4 is 9.62 Å². The summed E-state index contributed by atoms with van der Waals surface area (Å²) in [7, 11) is -4.23. The van der Waals surface area contributed by atoms with Gasteiger partial charge < -0.3 is 10.2 Å². The van der Waals surface area contributed by atoms with Crippen LogP contribution in [0.2, 0.25) is 10.0 Å². The Bertz CT molecular complexity index is 1700. The molecule has 10 heteroatoms. The van der Waals surface area contributed by atoms with Gasteiger partial charge >= 0.3 is 0 Å². The van der Waals surface area contributed by atoms with Crippen LogP contribution in [0.1, 0.15) is 30.5 Å². The van der Waals surface area contributed by atoms with Crippen molar-refractivity contribution in [3.05, 3.63) is 130 Å². The molecule has 7 nitrogen and oxygen atoms in total. The molecule has 0 heterocycles. The van der Waals surface area contributed by atoms with Crippen molar-refractivity contribution in [3.63, 3.8) is 0 Å². The molecular formula is C34H35Cl2N3O4S. The van der Waals surface area contributed by atoms with Crippen molar-refractivity contribution >= 4 is 50.7 Å². The first-order valence-corrected chi connectivity index (χ1v) is 16.4. The van der Waals surface area contributed by atoms with Gasteiger partial charge in [0.15, 0.2) is 0 Å². The summed E-state index contributed by atoms with van der Waals surface area (Å²) in [5.41, 5.74) is 2.48. The topological polar surface area (TPSA) is 86.8 Å². The predicted molar refractivity (Wildman–Crippen MR) is 176 cm³/mol. The van der Waals surface area contributed by atoms with Crippen LogP contribution in [0.4, 0.5) is 5.69 Å². The Hall–Kier alpha value is -3.85. The maximum absolute atomic E-state index is 14.5. The molecule has 4 aromatic carbocycles. The minimum absolute atomic E-state index is 0.00980. The van der Waals surface area contributed by atoms with Crippen molar-refractivity contribution in [1.29, 1.82) is 0 Å². The van der Waals surface area contributed by atoms with Crippen molar-refractivity contribution in [2.75, 3.05) is 10.8 Å². The van der Waals surface area contributed by atoms with E-state index in [-0.39, 0.29) is 29.8 Å². The van der Waals surface area contributed by atoms with E-state index in [1.807, 2.05) is 44.2 Å². The summed E-state index contributed by atoms with van der Waals surface area (Å²) in [5, 5.41) is 3.76. The molecule has 2 amide bonds. The summed E-state index contributed by atoms with van der Waals surface area (Å²) in [6, 6.07) is 28.0. The fourth-order valence-electron chi connectivity index (χ4n) is 4.84.